The lowest BCUT2D eigenvalue weighted by molar-refractivity contribution is 0.468. The summed E-state index contributed by atoms with van der Waals surface area (Å²) in [4.78, 5) is 3.87. The third kappa shape index (κ3) is 2.87. The molecular weight excluding hydrogens is 264 g/mol. The standard InChI is InChI=1S/C12H8Cl2FNO/c13-5-10-11(15)2-1-3-12(10)17-9-4-8(14)6-16-7-9/h1-4,6-7H,5H2. The number of pyridine rings is 1. The molecule has 2 aromatic rings. The lowest BCUT2D eigenvalue weighted by Crippen LogP contribution is -1.93. The Morgan fingerprint density at radius 3 is 2.82 bits per heavy atom. The zero-order chi connectivity index (χ0) is 12.3. The van der Waals surface area contributed by atoms with Crippen molar-refractivity contribution >= 4 is 23.2 Å². The highest BCUT2D eigenvalue weighted by Crippen LogP contribution is 2.29. The molecule has 0 N–H and O–H groups in total. The van der Waals surface area contributed by atoms with Crippen LogP contribution in [0.5, 0.6) is 11.5 Å². The summed E-state index contributed by atoms with van der Waals surface area (Å²) in [5.74, 6) is 0.446. The number of alkyl halides is 1. The molecular formula is C12H8Cl2FNO. The van der Waals surface area contributed by atoms with Crippen LogP contribution in [0.4, 0.5) is 4.39 Å². The molecule has 1 heterocycles. The molecule has 0 aliphatic heterocycles. The minimum Gasteiger partial charge on any atom is -0.455 e. The van der Waals surface area contributed by atoms with E-state index >= 15 is 0 Å². The van der Waals surface area contributed by atoms with Crippen LogP contribution in [-0.4, -0.2) is 4.98 Å². The number of aromatic nitrogens is 1. The number of nitrogens with zero attached hydrogens (tertiary/aromatic N) is 1. The van der Waals surface area contributed by atoms with Crippen LogP contribution < -0.4 is 4.74 Å². The Bertz CT molecular complexity index is 534. The van der Waals surface area contributed by atoms with Crippen LogP contribution in [0.2, 0.25) is 5.02 Å². The molecule has 88 valence electrons. The molecule has 0 saturated heterocycles. The summed E-state index contributed by atoms with van der Waals surface area (Å²) in [5, 5.41) is 0.450. The molecule has 0 bridgehead atoms. The lowest BCUT2D eigenvalue weighted by atomic mass is 10.2. The molecule has 0 aliphatic carbocycles. The number of hydrogen-bond donors (Lipinski definition) is 0. The van der Waals surface area contributed by atoms with E-state index in [0.29, 0.717) is 22.1 Å². The van der Waals surface area contributed by atoms with Crippen LogP contribution in [-0.2, 0) is 5.88 Å². The first-order valence-corrected chi connectivity index (χ1v) is 5.73. The highest BCUT2D eigenvalue weighted by atomic mass is 35.5. The van der Waals surface area contributed by atoms with Crippen LogP contribution in [0, 0.1) is 5.82 Å². The number of ether oxygens (including phenoxy) is 1. The van der Waals surface area contributed by atoms with Gasteiger partial charge in [-0.25, -0.2) is 4.39 Å². The molecule has 5 heteroatoms. The smallest absolute Gasteiger partial charge is 0.147 e. The van der Waals surface area contributed by atoms with Crippen molar-refractivity contribution in [3.05, 3.63) is 53.1 Å². The summed E-state index contributed by atoms with van der Waals surface area (Å²) in [6.45, 7) is 0. The summed E-state index contributed by atoms with van der Waals surface area (Å²) in [7, 11) is 0. The van der Waals surface area contributed by atoms with Gasteiger partial charge in [-0.15, -0.1) is 11.6 Å². The second kappa shape index (κ2) is 5.34. The van der Waals surface area contributed by atoms with Gasteiger partial charge < -0.3 is 4.74 Å². The van der Waals surface area contributed by atoms with Gasteiger partial charge in [0, 0.05) is 17.8 Å². The summed E-state index contributed by atoms with van der Waals surface area (Å²) in [6.07, 6.45) is 2.98. The van der Waals surface area contributed by atoms with Crippen LogP contribution in [0.25, 0.3) is 0 Å². The van der Waals surface area contributed by atoms with Crippen LogP contribution in [0.1, 0.15) is 5.56 Å². The summed E-state index contributed by atoms with van der Waals surface area (Å²) >= 11 is 11.4. The molecule has 1 aromatic carbocycles. The largest absolute Gasteiger partial charge is 0.455 e. The average Bonchev–Trinajstić information content (AvgIpc) is 2.29. The maximum Gasteiger partial charge on any atom is 0.147 e. The Hall–Kier alpha value is -1.32. The molecule has 0 saturated carbocycles. The van der Waals surface area contributed by atoms with Crippen LogP contribution in [0.15, 0.2) is 36.7 Å². The van der Waals surface area contributed by atoms with Gasteiger partial charge in [0.2, 0.25) is 0 Å². The number of rotatable bonds is 3. The second-order valence-electron chi connectivity index (χ2n) is 3.29. The monoisotopic (exact) mass is 271 g/mol. The lowest BCUT2D eigenvalue weighted by Gasteiger charge is -2.09. The van der Waals surface area contributed by atoms with Crippen LogP contribution >= 0.6 is 23.2 Å². The Kier molecular flexibility index (Phi) is 3.82. The maximum atomic E-state index is 13.4. The van der Waals surface area contributed by atoms with Crippen molar-refractivity contribution in [1.29, 1.82) is 0 Å². The first-order chi connectivity index (χ1) is 8.20. The van der Waals surface area contributed by atoms with Crippen molar-refractivity contribution in [3.8, 4) is 11.5 Å². The van der Waals surface area contributed by atoms with Crippen molar-refractivity contribution in [2.24, 2.45) is 0 Å². The SMILES string of the molecule is Fc1cccc(Oc2cncc(Cl)c2)c1CCl. The highest BCUT2D eigenvalue weighted by Gasteiger charge is 2.09. The molecule has 1 aromatic heterocycles. The molecule has 0 amide bonds. The fourth-order valence-corrected chi connectivity index (χ4v) is 1.76. The Labute approximate surface area is 108 Å². The fraction of sp³-hybridized carbons (Fsp3) is 0.0833. The summed E-state index contributed by atoms with van der Waals surface area (Å²) < 4.78 is 18.9. The normalized spacial score (nSPS) is 10.3. The van der Waals surface area contributed by atoms with Gasteiger partial charge in [-0.1, -0.05) is 17.7 Å². The summed E-state index contributed by atoms with van der Waals surface area (Å²) in [5.41, 5.74) is 0.314. The fourth-order valence-electron chi connectivity index (χ4n) is 1.34. The van der Waals surface area contributed by atoms with Crippen molar-refractivity contribution < 1.29 is 9.13 Å². The Morgan fingerprint density at radius 1 is 1.29 bits per heavy atom. The van der Waals surface area contributed by atoms with Gasteiger partial charge in [0.15, 0.2) is 0 Å². The van der Waals surface area contributed by atoms with E-state index in [1.807, 2.05) is 0 Å². The third-order valence-electron chi connectivity index (χ3n) is 2.12. The van der Waals surface area contributed by atoms with E-state index in [2.05, 4.69) is 4.98 Å². The quantitative estimate of drug-likeness (QED) is 0.772. The second-order valence-corrected chi connectivity index (χ2v) is 3.99. The van der Waals surface area contributed by atoms with E-state index in [1.54, 1.807) is 18.2 Å². The Balaban J connectivity index is 2.33. The summed E-state index contributed by atoms with van der Waals surface area (Å²) in [6, 6.07) is 6.12. The van der Waals surface area contributed by atoms with Gasteiger partial charge in [-0.05, 0) is 12.1 Å². The van der Waals surface area contributed by atoms with Crippen molar-refractivity contribution in [2.75, 3.05) is 0 Å². The molecule has 2 rings (SSSR count). The van der Waals surface area contributed by atoms with Gasteiger partial charge in [0.1, 0.15) is 17.3 Å². The van der Waals surface area contributed by atoms with Crippen molar-refractivity contribution in [3.63, 3.8) is 0 Å². The predicted octanol–water partition coefficient (Wildman–Crippen LogP) is 4.41. The first kappa shape index (κ1) is 12.1. The van der Waals surface area contributed by atoms with E-state index in [4.69, 9.17) is 27.9 Å². The van der Waals surface area contributed by atoms with Crippen LogP contribution in [0.3, 0.4) is 0 Å². The molecule has 17 heavy (non-hydrogen) atoms. The third-order valence-corrected chi connectivity index (χ3v) is 2.59. The minimum atomic E-state index is -0.396. The molecule has 0 aliphatic rings. The zero-order valence-corrected chi connectivity index (χ0v) is 10.2. The number of hydrogen-bond acceptors (Lipinski definition) is 2. The minimum absolute atomic E-state index is 0.0377. The van der Waals surface area contributed by atoms with Crippen molar-refractivity contribution in [1.82, 2.24) is 4.98 Å². The zero-order valence-electron chi connectivity index (χ0n) is 8.66. The van der Waals surface area contributed by atoms with E-state index in [1.165, 1.54) is 18.5 Å². The van der Waals surface area contributed by atoms with E-state index < -0.39 is 5.82 Å². The Morgan fingerprint density at radius 2 is 2.12 bits per heavy atom. The molecule has 2 nitrogen and oxygen atoms in total. The number of halogens is 3. The van der Waals surface area contributed by atoms with E-state index in [0.717, 1.165) is 0 Å². The van der Waals surface area contributed by atoms with Gasteiger partial charge in [0.05, 0.1) is 17.1 Å². The molecule has 0 spiro atoms. The van der Waals surface area contributed by atoms with Gasteiger partial charge in [-0.3, -0.25) is 4.98 Å². The van der Waals surface area contributed by atoms with Gasteiger partial charge in [-0.2, -0.15) is 0 Å². The predicted molar refractivity (Wildman–Crippen MR) is 65.3 cm³/mol. The van der Waals surface area contributed by atoms with Crippen molar-refractivity contribution in [2.45, 2.75) is 5.88 Å². The molecule has 0 unspecified atom stereocenters. The molecule has 0 fully saturated rings. The number of benzene rings is 1. The van der Waals surface area contributed by atoms with E-state index in [-0.39, 0.29) is 5.88 Å². The molecule has 0 radical (unpaired) electrons. The first-order valence-electron chi connectivity index (χ1n) is 4.82. The van der Waals surface area contributed by atoms with Gasteiger partial charge >= 0.3 is 0 Å². The maximum absolute atomic E-state index is 13.4. The van der Waals surface area contributed by atoms with E-state index in [9.17, 15) is 4.39 Å². The topological polar surface area (TPSA) is 22.1 Å². The average molecular weight is 272 g/mol. The van der Waals surface area contributed by atoms with Gasteiger partial charge in [0.25, 0.3) is 0 Å². The molecule has 0 atom stereocenters. The highest BCUT2D eigenvalue weighted by molar-refractivity contribution is 6.30.